The lowest BCUT2D eigenvalue weighted by Crippen LogP contribution is -2.46. The van der Waals surface area contributed by atoms with Gasteiger partial charge in [-0.2, -0.15) is 0 Å². The molecule has 6 heteroatoms. The first-order valence-corrected chi connectivity index (χ1v) is 12.9. The zero-order valence-electron chi connectivity index (χ0n) is 21.7. The summed E-state index contributed by atoms with van der Waals surface area (Å²) in [6.07, 6.45) is 4.25. The molecule has 6 nitrogen and oxygen atoms in total. The molecule has 1 atom stereocenters. The molecular weight excluding hydrogens is 426 g/mol. The lowest BCUT2D eigenvalue weighted by atomic mass is 9.80. The Balaban J connectivity index is 1.40. The number of nitrogens with zero attached hydrogens (tertiary/aromatic N) is 1. The number of alkyl carbamates (subject to hydrolysis) is 1. The molecule has 4 rings (SSSR count). The van der Waals surface area contributed by atoms with Crippen LogP contribution in [-0.4, -0.2) is 40.6 Å². The van der Waals surface area contributed by atoms with Gasteiger partial charge in [0.25, 0.3) is 0 Å². The van der Waals surface area contributed by atoms with Gasteiger partial charge in [-0.1, -0.05) is 26.0 Å². The largest absolute Gasteiger partial charge is 0.444 e. The van der Waals surface area contributed by atoms with Crippen molar-refractivity contribution in [3.63, 3.8) is 0 Å². The summed E-state index contributed by atoms with van der Waals surface area (Å²) in [6, 6.07) is 6.52. The van der Waals surface area contributed by atoms with Crippen molar-refractivity contribution in [3.8, 4) is 0 Å². The number of nitrogens with one attached hydrogen (secondary N) is 2. The Morgan fingerprint density at radius 2 is 1.88 bits per heavy atom. The second kappa shape index (κ2) is 9.63. The Morgan fingerprint density at radius 3 is 2.53 bits per heavy atom. The van der Waals surface area contributed by atoms with Crippen LogP contribution in [0, 0.1) is 24.7 Å². The second-order valence-corrected chi connectivity index (χ2v) is 11.6. The minimum atomic E-state index is -0.487. The van der Waals surface area contributed by atoms with Crippen molar-refractivity contribution in [2.45, 2.75) is 85.3 Å². The van der Waals surface area contributed by atoms with Crippen molar-refractivity contribution in [2.24, 2.45) is 17.8 Å². The Hall–Kier alpha value is -2.50. The third-order valence-electron chi connectivity index (χ3n) is 7.45. The van der Waals surface area contributed by atoms with Crippen LogP contribution in [0.25, 0.3) is 10.9 Å². The highest BCUT2D eigenvalue weighted by molar-refractivity contribution is 5.89. The number of carbonyl (C=O) groups excluding carboxylic acids is 2. The zero-order valence-corrected chi connectivity index (χ0v) is 21.7. The second-order valence-electron chi connectivity index (χ2n) is 11.6. The minimum absolute atomic E-state index is 0.0756. The molecule has 2 heterocycles. The fourth-order valence-electron chi connectivity index (χ4n) is 5.90. The number of hydrogen-bond acceptors (Lipinski definition) is 3. The number of fused-ring (bicyclic) bond motifs is 3. The molecule has 2 amide bonds. The fourth-order valence-corrected chi connectivity index (χ4v) is 5.90. The number of hydrogen-bond donors (Lipinski definition) is 2. The molecule has 2 N–H and O–H groups in total. The SMILES string of the molecule is Cc1cccc2[nH]c3c(c12)CCN(C(=O)[C@H]1CC[C@H](CNC(=O)OC(C)(C)C)CC1)C3C(C)C. The molecule has 2 aromatic rings. The van der Waals surface area contributed by atoms with Crippen LogP contribution >= 0.6 is 0 Å². The highest BCUT2D eigenvalue weighted by Gasteiger charge is 2.39. The van der Waals surface area contributed by atoms with Gasteiger partial charge >= 0.3 is 6.09 Å². The first-order valence-electron chi connectivity index (χ1n) is 12.9. The summed E-state index contributed by atoms with van der Waals surface area (Å²) < 4.78 is 5.35. The quantitative estimate of drug-likeness (QED) is 0.589. The van der Waals surface area contributed by atoms with E-state index >= 15 is 0 Å². The first kappa shape index (κ1) is 24.6. The van der Waals surface area contributed by atoms with Crippen molar-refractivity contribution in [2.75, 3.05) is 13.1 Å². The Kier molecular flexibility index (Phi) is 6.97. The van der Waals surface area contributed by atoms with Gasteiger partial charge in [-0.15, -0.1) is 0 Å². The molecule has 1 fully saturated rings. The maximum Gasteiger partial charge on any atom is 0.407 e. The molecule has 186 valence electrons. The molecule has 1 aliphatic carbocycles. The Bertz CT molecular complexity index is 1040. The normalized spacial score (nSPS) is 23.1. The number of ether oxygens (including phenoxy) is 1. The van der Waals surface area contributed by atoms with Gasteiger partial charge in [-0.05, 0) is 88.8 Å². The van der Waals surface area contributed by atoms with E-state index < -0.39 is 5.60 Å². The van der Waals surface area contributed by atoms with Gasteiger partial charge < -0.3 is 19.9 Å². The number of rotatable bonds is 4. The summed E-state index contributed by atoms with van der Waals surface area (Å²) in [5, 5.41) is 4.25. The van der Waals surface area contributed by atoms with Crippen LogP contribution in [0.4, 0.5) is 4.79 Å². The molecule has 34 heavy (non-hydrogen) atoms. The number of benzene rings is 1. The van der Waals surface area contributed by atoms with Crippen molar-refractivity contribution >= 4 is 22.9 Å². The summed E-state index contributed by atoms with van der Waals surface area (Å²) in [4.78, 5) is 31.5. The van der Waals surface area contributed by atoms with E-state index in [9.17, 15) is 9.59 Å². The molecular formula is C28H41N3O3. The lowest BCUT2D eigenvalue weighted by molar-refractivity contribution is -0.141. The molecule has 0 saturated heterocycles. The molecule has 0 spiro atoms. The highest BCUT2D eigenvalue weighted by Crippen LogP contribution is 2.41. The molecule has 1 saturated carbocycles. The zero-order chi connectivity index (χ0) is 24.6. The van der Waals surface area contributed by atoms with Crippen molar-refractivity contribution in [3.05, 3.63) is 35.0 Å². The minimum Gasteiger partial charge on any atom is -0.444 e. The van der Waals surface area contributed by atoms with E-state index in [0.717, 1.165) is 38.6 Å². The standard InChI is InChI=1S/C28H41N3O3/c1-17(2)25-24-21(23-18(3)8-7-9-22(23)30-24)14-15-31(25)26(32)20-12-10-19(11-13-20)16-29-27(33)34-28(4,5)6/h7-9,17,19-20,25,30H,10-16H2,1-6H3,(H,29,33)/t19-,20-,25?. The highest BCUT2D eigenvalue weighted by atomic mass is 16.6. The molecule has 1 aromatic heterocycles. The van der Waals surface area contributed by atoms with E-state index in [0.29, 0.717) is 24.3 Å². The number of H-pyrrole nitrogens is 1. The number of carbonyl (C=O) groups is 2. The van der Waals surface area contributed by atoms with Crippen LogP contribution in [0.15, 0.2) is 18.2 Å². The molecule has 1 aromatic carbocycles. The fraction of sp³-hybridized carbons (Fsp3) is 0.643. The Labute approximate surface area is 203 Å². The van der Waals surface area contributed by atoms with E-state index in [1.165, 1.54) is 27.7 Å². The van der Waals surface area contributed by atoms with Crippen molar-refractivity contribution in [1.29, 1.82) is 0 Å². The topological polar surface area (TPSA) is 74.4 Å². The number of amides is 2. The van der Waals surface area contributed by atoms with Crippen LogP contribution < -0.4 is 5.32 Å². The molecule has 1 unspecified atom stereocenters. The van der Waals surface area contributed by atoms with Gasteiger partial charge in [0, 0.05) is 35.6 Å². The number of aryl methyl sites for hydroxylation is 1. The first-order chi connectivity index (χ1) is 16.0. The molecule has 0 bridgehead atoms. The van der Waals surface area contributed by atoms with Crippen LogP contribution in [-0.2, 0) is 16.0 Å². The third kappa shape index (κ3) is 5.11. The monoisotopic (exact) mass is 467 g/mol. The predicted molar refractivity (Wildman–Crippen MR) is 136 cm³/mol. The van der Waals surface area contributed by atoms with Gasteiger partial charge in [-0.25, -0.2) is 4.79 Å². The average Bonchev–Trinajstić information content (AvgIpc) is 3.15. The summed E-state index contributed by atoms with van der Waals surface area (Å²) >= 11 is 0. The van der Waals surface area contributed by atoms with E-state index in [1.54, 1.807) is 0 Å². The van der Waals surface area contributed by atoms with Gasteiger partial charge in [0.2, 0.25) is 5.91 Å². The van der Waals surface area contributed by atoms with Gasteiger partial charge in [-0.3, -0.25) is 4.79 Å². The average molecular weight is 468 g/mol. The van der Waals surface area contributed by atoms with E-state index in [2.05, 4.69) is 54.2 Å². The van der Waals surface area contributed by atoms with Gasteiger partial charge in [0.1, 0.15) is 5.60 Å². The van der Waals surface area contributed by atoms with Gasteiger partial charge in [0.15, 0.2) is 0 Å². The van der Waals surface area contributed by atoms with E-state index in [1.807, 2.05) is 20.8 Å². The summed E-state index contributed by atoms with van der Waals surface area (Å²) in [6.45, 7) is 13.6. The van der Waals surface area contributed by atoms with E-state index in [-0.39, 0.29) is 18.1 Å². The Morgan fingerprint density at radius 1 is 1.18 bits per heavy atom. The van der Waals surface area contributed by atoms with Crippen LogP contribution in [0.2, 0.25) is 0 Å². The van der Waals surface area contributed by atoms with Gasteiger partial charge in [0.05, 0.1) is 6.04 Å². The number of aromatic nitrogens is 1. The van der Waals surface area contributed by atoms with Crippen molar-refractivity contribution in [1.82, 2.24) is 15.2 Å². The summed E-state index contributed by atoms with van der Waals surface area (Å²) in [5.41, 5.74) is 4.62. The third-order valence-corrected chi connectivity index (χ3v) is 7.45. The summed E-state index contributed by atoms with van der Waals surface area (Å²) in [7, 11) is 0. The maximum atomic E-state index is 13.7. The summed E-state index contributed by atoms with van der Waals surface area (Å²) in [5.74, 6) is 1.12. The predicted octanol–water partition coefficient (Wildman–Crippen LogP) is 5.89. The van der Waals surface area contributed by atoms with Crippen LogP contribution in [0.5, 0.6) is 0 Å². The lowest BCUT2D eigenvalue weighted by Gasteiger charge is -2.41. The molecule has 0 radical (unpaired) electrons. The van der Waals surface area contributed by atoms with Crippen LogP contribution in [0.1, 0.15) is 83.2 Å². The smallest absolute Gasteiger partial charge is 0.407 e. The maximum absolute atomic E-state index is 13.7. The van der Waals surface area contributed by atoms with Crippen LogP contribution in [0.3, 0.4) is 0 Å². The van der Waals surface area contributed by atoms with E-state index in [4.69, 9.17) is 4.74 Å². The molecule has 1 aliphatic heterocycles. The molecule has 2 aliphatic rings. The van der Waals surface area contributed by atoms with Crippen molar-refractivity contribution < 1.29 is 14.3 Å². The number of aromatic amines is 1.